The van der Waals surface area contributed by atoms with E-state index < -0.39 is 0 Å². The minimum absolute atomic E-state index is 0.680. The number of nitrogens with two attached hydrogens (primary N) is 1. The molecule has 4 aromatic rings. The molecule has 0 aliphatic carbocycles. The van der Waals surface area contributed by atoms with Crippen LogP contribution in [0.15, 0.2) is 91.0 Å². The highest BCUT2D eigenvalue weighted by atomic mass is 14.5. The fraction of sp³-hybridized carbons (Fsp3) is 0.143. The van der Waals surface area contributed by atoms with Gasteiger partial charge < -0.3 is 5.73 Å². The maximum absolute atomic E-state index is 5.70. The van der Waals surface area contributed by atoms with Gasteiger partial charge in [0.2, 0.25) is 0 Å². The Morgan fingerprint density at radius 1 is 0.483 bits per heavy atom. The molecular formula is C28H27N. The first-order valence-corrected chi connectivity index (χ1v) is 10.2. The molecule has 0 heterocycles. The largest absolute Gasteiger partial charge is 0.330 e. The van der Waals surface area contributed by atoms with Crippen molar-refractivity contribution in [3.63, 3.8) is 0 Å². The van der Waals surface area contributed by atoms with Gasteiger partial charge in [0.15, 0.2) is 0 Å². The van der Waals surface area contributed by atoms with E-state index in [2.05, 4.69) is 105 Å². The second-order valence-electron chi connectivity index (χ2n) is 7.77. The lowest BCUT2D eigenvalue weighted by Gasteiger charge is -2.12. The fourth-order valence-electron chi connectivity index (χ4n) is 3.65. The molecule has 1 nitrogen and oxygen atoms in total. The van der Waals surface area contributed by atoms with Crippen molar-refractivity contribution in [2.45, 2.75) is 20.3 Å². The molecule has 29 heavy (non-hydrogen) atoms. The van der Waals surface area contributed by atoms with Crippen LogP contribution in [0.3, 0.4) is 0 Å². The maximum Gasteiger partial charge on any atom is -0.00367 e. The van der Waals surface area contributed by atoms with E-state index in [-0.39, 0.29) is 0 Å². The summed E-state index contributed by atoms with van der Waals surface area (Å²) in [5.74, 6) is 0. The molecule has 1 heteroatoms. The van der Waals surface area contributed by atoms with Crippen LogP contribution in [0.1, 0.15) is 16.7 Å². The lowest BCUT2D eigenvalue weighted by molar-refractivity contribution is 0.969. The molecule has 0 aromatic heterocycles. The van der Waals surface area contributed by atoms with Gasteiger partial charge >= 0.3 is 0 Å². The fourth-order valence-corrected chi connectivity index (χ4v) is 3.65. The number of hydrogen-bond donors (Lipinski definition) is 1. The molecule has 0 unspecified atom stereocenters. The average molecular weight is 378 g/mol. The van der Waals surface area contributed by atoms with Crippen molar-refractivity contribution >= 4 is 0 Å². The molecule has 0 saturated heterocycles. The summed E-state index contributed by atoms with van der Waals surface area (Å²) in [6.45, 7) is 4.93. The Morgan fingerprint density at radius 3 is 1.17 bits per heavy atom. The molecule has 0 aliphatic rings. The third kappa shape index (κ3) is 4.47. The van der Waals surface area contributed by atoms with Crippen LogP contribution in [0, 0.1) is 13.8 Å². The second-order valence-corrected chi connectivity index (χ2v) is 7.77. The summed E-state index contributed by atoms with van der Waals surface area (Å²) in [7, 11) is 0. The van der Waals surface area contributed by atoms with Crippen LogP contribution in [0.4, 0.5) is 0 Å². The quantitative estimate of drug-likeness (QED) is 0.406. The molecule has 144 valence electrons. The van der Waals surface area contributed by atoms with Gasteiger partial charge in [0.25, 0.3) is 0 Å². The van der Waals surface area contributed by atoms with Gasteiger partial charge in [-0.2, -0.15) is 0 Å². The van der Waals surface area contributed by atoms with Gasteiger partial charge in [0.1, 0.15) is 0 Å². The topological polar surface area (TPSA) is 26.0 Å². The predicted octanol–water partition coefficient (Wildman–Crippen LogP) is 6.81. The van der Waals surface area contributed by atoms with Crippen LogP contribution in [-0.4, -0.2) is 6.54 Å². The molecule has 0 saturated carbocycles. The van der Waals surface area contributed by atoms with E-state index in [4.69, 9.17) is 5.73 Å². The molecular weight excluding hydrogens is 350 g/mol. The van der Waals surface area contributed by atoms with Crippen LogP contribution in [0.2, 0.25) is 0 Å². The normalized spacial score (nSPS) is 10.9. The smallest absolute Gasteiger partial charge is 0.00367 e. The molecule has 0 fully saturated rings. The van der Waals surface area contributed by atoms with Gasteiger partial charge in [0.05, 0.1) is 0 Å². The molecule has 4 rings (SSSR count). The van der Waals surface area contributed by atoms with Crippen molar-refractivity contribution in [3.8, 4) is 33.4 Å². The zero-order valence-electron chi connectivity index (χ0n) is 17.2. The van der Waals surface area contributed by atoms with Gasteiger partial charge in [-0.1, -0.05) is 83.9 Å². The van der Waals surface area contributed by atoms with E-state index >= 15 is 0 Å². The Labute approximate surface area is 173 Å². The summed E-state index contributed by atoms with van der Waals surface area (Å²) in [5, 5.41) is 0. The Morgan fingerprint density at radius 2 is 0.828 bits per heavy atom. The number of rotatable bonds is 5. The standard InChI is InChI=1S/C28H27N/c1-20-3-9-23(10-4-20)26-17-27(24-11-5-21(2)6-12-24)19-28(18-26)25-13-7-22(8-14-25)15-16-29/h3-14,17-19H,15-16,29H2,1-2H3. The van der Waals surface area contributed by atoms with Gasteiger partial charge in [-0.15, -0.1) is 0 Å². The van der Waals surface area contributed by atoms with E-state index in [0.29, 0.717) is 6.54 Å². The van der Waals surface area contributed by atoms with Crippen molar-refractivity contribution in [3.05, 3.63) is 108 Å². The summed E-state index contributed by atoms with van der Waals surface area (Å²) < 4.78 is 0. The van der Waals surface area contributed by atoms with E-state index in [1.807, 2.05) is 0 Å². The van der Waals surface area contributed by atoms with Gasteiger partial charge in [-0.05, 0) is 84.0 Å². The summed E-state index contributed by atoms with van der Waals surface area (Å²) in [5.41, 5.74) is 17.0. The molecule has 0 atom stereocenters. The van der Waals surface area contributed by atoms with Crippen LogP contribution < -0.4 is 5.73 Å². The Hall–Kier alpha value is -3.16. The lowest BCUT2D eigenvalue weighted by atomic mass is 9.92. The summed E-state index contributed by atoms with van der Waals surface area (Å²) in [4.78, 5) is 0. The molecule has 0 spiro atoms. The summed E-state index contributed by atoms with van der Waals surface area (Å²) in [6.07, 6.45) is 0.915. The van der Waals surface area contributed by atoms with Crippen LogP contribution in [0.25, 0.3) is 33.4 Å². The minimum Gasteiger partial charge on any atom is -0.330 e. The van der Waals surface area contributed by atoms with Crippen LogP contribution in [-0.2, 0) is 6.42 Å². The van der Waals surface area contributed by atoms with Gasteiger partial charge in [-0.3, -0.25) is 0 Å². The molecule has 4 aromatic carbocycles. The van der Waals surface area contributed by atoms with Crippen molar-refractivity contribution in [1.82, 2.24) is 0 Å². The first-order chi connectivity index (χ1) is 14.1. The van der Waals surface area contributed by atoms with E-state index in [0.717, 1.165) is 6.42 Å². The molecule has 0 amide bonds. The second kappa shape index (κ2) is 8.46. The van der Waals surface area contributed by atoms with Gasteiger partial charge in [0, 0.05) is 0 Å². The lowest BCUT2D eigenvalue weighted by Crippen LogP contribution is -2.02. The maximum atomic E-state index is 5.70. The van der Waals surface area contributed by atoms with E-state index in [9.17, 15) is 0 Å². The van der Waals surface area contributed by atoms with Gasteiger partial charge in [-0.25, -0.2) is 0 Å². The Kier molecular flexibility index (Phi) is 5.59. The number of aryl methyl sites for hydroxylation is 2. The highest BCUT2D eigenvalue weighted by molar-refractivity contribution is 5.81. The Bertz CT molecular complexity index is 1020. The van der Waals surface area contributed by atoms with E-state index in [1.54, 1.807) is 0 Å². The average Bonchev–Trinajstić information content (AvgIpc) is 2.75. The minimum atomic E-state index is 0.680. The number of hydrogen-bond acceptors (Lipinski definition) is 1. The van der Waals surface area contributed by atoms with E-state index in [1.165, 1.54) is 50.1 Å². The Balaban J connectivity index is 1.83. The number of benzene rings is 4. The zero-order chi connectivity index (χ0) is 20.2. The molecule has 2 N–H and O–H groups in total. The highest BCUT2D eigenvalue weighted by Crippen LogP contribution is 2.33. The van der Waals surface area contributed by atoms with Crippen LogP contribution >= 0.6 is 0 Å². The third-order valence-corrected chi connectivity index (χ3v) is 5.42. The molecule has 0 radical (unpaired) electrons. The predicted molar refractivity (Wildman–Crippen MR) is 125 cm³/mol. The van der Waals surface area contributed by atoms with Crippen LogP contribution in [0.5, 0.6) is 0 Å². The monoisotopic (exact) mass is 377 g/mol. The summed E-state index contributed by atoms with van der Waals surface area (Å²) >= 11 is 0. The van der Waals surface area contributed by atoms with Crippen molar-refractivity contribution in [1.29, 1.82) is 0 Å². The SMILES string of the molecule is Cc1ccc(-c2cc(-c3ccc(C)cc3)cc(-c3ccc(CCN)cc3)c2)cc1. The van der Waals surface area contributed by atoms with Crippen molar-refractivity contribution < 1.29 is 0 Å². The first kappa shape index (κ1) is 19.2. The highest BCUT2D eigenvalue weighted by Gasteiger charge is 2.08. The summed E-state index contributed by atoms with van der Waals surface area (Å²) in [6, 6.07) is 33.2. The first-order valence-electron chi connectivity index (χ1n) is 10.2. The van der Waals surface area contributed by atoms with Crippen molar-refractivity contribution in [2.24, 2.45) is 5.73 Å². The molecule has 0 aliphatic heterocycles. The molecule has 0 bridgehead atoms. The van der Waals surface area contributed by atoms with Crippen molar-refractivity contribution in [2.75, 3.05) is 6.54 Å². The zero-order valence-corrected chi connectivity index (χ0v) is 17.2. The third-order valence-electron chi connectivity index (χ3n) is 5.42.